The maximum Gasteiger partial charge on any atom is 0.232 e. The van der Waals surface area contributed by atoms with Crippen molar-refractivity contribution in [1.29, 1.82) is 0 Å². The van der Waals surface area contributed by atoms with Crippen LogP contribution in [0.3, 0.4) is 0 Å². The number of carbonyl (C=O) groups excluding carboxylic acids is 1. The van der Waals surface area contributed by atoms with Crippen molar-refractivity contribution in [3.63, 3.8) is 0 Å². The molecule has 3 nitrogen and oxygen atoms in total. The number of benzene rings is 1. The molecule has 1 heterocycles. The summed E-state index contributed by atoms with van der Waals surface area (Å²) in [5.74, 6) is 0.679. The van der Waals surface area contributed by atoms with E-state index in [-0.39, 0.29) is 11.8 Å². The SMILES string of the molecule is CC1CN(C(=O)C(Cc2ccccc2)C(N)=S)CCS1. The van der Waals surface area contributed by atoms with Crippen molar-refractivity contribution in [1.82, 2.24) is 4.90 Å². The molecule has 2 unspecified atom stereocenters. The second kappa shape index (κ2) is 7.09. The zero-order valence-electron chi connectivity index (χ0n) is 11.6. The zero-order valence-corrected chi connectivity index (χ0v) is 13.3. The molecule has 1 saturated heterocycles. The van der Waals surface area contributed by atoms with Gasteiger partial charge in [-0.25, -0.2) is 0 Å². The first-order valence-corrected chi connectivity index (χ1v) is 8.27. The lowest BCUT2D eigenvalue weighted by Crippen LogP contribution is -2.47. The fourth-order valence-corrected chi connectivity index (χ4v) is 3.60. The second-order valence-corrected chi connectivity index (χ2v) is 7.13. The third kappa shape index (κ3) is 3.96. The average Bonchev–Trinajstić information content (AvgIpc) is 2.45. The molecule has 0 aromatic heterocycles. The first-order valence-electron chi connectivity index (χ1n) is 6.81. The molecule has 0 spiro atoms. The molecule has 0 radical (unpaired) electrons. The highest BCUT2D eigenvalue weighted by atomic mass is 32.2. The van der Waals surface area contributed by atoms with Gasteiger partial charge in [0.15, 0.2) is 0 Å². The van der Waals surface area contributed by atoms with Crippen LogP contribution in [0.2, 0.25) is 0 Å². The van der Waals surface area contributed by atoms with Crippen LogP contribution in [-0.4, -0.2) is 39.9 Å². The van der Waals surface area contributed by atoms with Gasteiger partial charge in [0.2, 0.25) is 5.91 Å². The maximum absolute atomic E-state index is 12.6. The highest BCUT2D eigenvalue weighted by molar-refractivity contribution is 7.99. The highest BCUT2D eigenvalue weighted by Gasteiger charge is 2.29. The minimum absolute atomic E-state index is 0.0773. The van der Waals surface area contributed by atoms with E-state index in [1.54, 1.807) is 0 Å². The monoisotopic (exact) mass is 308 g/mol. The van der Waals surface area contributed by atoms with Crippen LogP contribution < -0.4 is 5.73 Å². The first kappa shape index (κ1) is 15.3. The van der Waals surface area contributed by atoms with E-state index in [9.17, 15) is 4.79 Å². The van der Waals surface area contributed by atoms with E-state index in [1.165, 1.54) is 0 Å². The average molecular weight is 308 g/mol. The Morgan fingerprint density at radius 1 is 1.50 bits per heavy atom. The van der Waals surface area contributed by atoms with Gasteiger partial charge in [-0.2, -0.15) is 11.8 Å². The fraction of sp³-hybridized carbons (Fsp3) is 0.467. The van der Waals surface area contributed by atoms with E-state index in [0.29, 0.717) is 16.7 Å². The van der Waals surface area contributed by atoms with Crippen LogP contribution in [0, 0.1) is 5.92 Å². The number of rotatable bonds is 4. The van der Waals surface area contributed by atoms with Gasteiger partial charge < -0.3 is 10.6 Å². The van der Waals surface area contributed by atoms with Gasteiger partial charge in [0, 0.05) is 24.1 Å². The maximum atomic E-state index is 12.6. The number of thiocarbonyl (C=S) groups is 1. The van der Waals surface area contributed by atoms with E-state index in [2.05, 4.69) is 6.92 Å². The lowest BCUT2D eigenvalue weighted by Gasteiger charge is -2.33. The summed E-state index contributed by atoms with van der Waals surface area (Å²) in [6.45, 7) is 3.73. The molecule has 1 aromatic carbocycles. The molecule has 1 aliphatic rings. The summed E-state index contributed by atoms with van der Waals surface area (Å²) < 4.78 is 0. The Labute approximate surface area is 129 Å². The summed E-state index contributed by atoms with van der Waals surface area (Å²) in [5, 5.41) is 0.483. The van der Waals surface area contributed by atoms with Crippen LogP contribution in [0.15, 0.2) is 30.3 Å². The number of nitrogens with zero attached hydrogens (tertiary/aromatic N) is 1. The molecular formula is C15H20N2OS2. The largest absolute Gasteiger partial charge is 0.393 e. The summed E-state index contributed by atoms with van der Waals surface area (Å²) in [6.07, 6.45) is 0.590. The van der Waals surface area contributed by atoms with E-state index in [0.717, 1.165) is 24.4 Å². The van der Waals surface area contributed by atoms with Crippen molar-refractivity contribution in [3.05, 3.63) is 35.9 Å². The number of hydrogen-bond acceptors (Lipinski definition) is 3. The van der Waals surface area contributed by atoms with Crippen molar-refractivity contribution in [2.24, 2.45) is 11.7 Å². The molecule has 2 rings (SSSR count). The molecule has 108 valence electrons. The van der Waals surface area contributed by atoms with Crippen molar-refractivity contribution >= 4 is 34.9 Å². The molecule has 2 atom stereocenters. The van der Waals surface area contributed by atoms with E-state index >= 15 is 0 Å². The quantitative estimate of drug-likeness (QED) is 0.865. The highest BCUT2D eigenvalue weighted by Crippen LogP contribution is 2.21. The Morgan fingerprint density at radius 2 is 2.20 bits per heavy atom. The molecule has 20 heavy (non-hydrogen) atoms. The third-order valence-electron chi connectivity index (χ3n) is 3.48. The van der Waals surface area contributed by atoms with Crippen molar-refractivity contribution in [2.75, 3.05) is 18.8 Å². The molecule has 1 aromatic rings. The van der Waals surface area contributed by atoms with Gasteiger partial charge in [0.05, 0.1) is 10.9 Å². The first-order chi connectivity index (χ1) is 9.58. The van der Waals surface area contributed by atoms with E-state index < -0.39 is 0 Å². The molecule has 0 saturated carbocycles. The van der Waals surface area contributed by atoms with Crippen molar-refractivity contribution in [2.45, 2.75) is 18.6 Å². The van der Waals surface area contributed by atoms with Crippen molar-refractivity contribution in [3.8, 4) is 0 Å². The van der Waals surface area contributed by atoms with Gasteiger partial charge in [-0.05, 0) is 12.0 Å². The number of amides is 1. The smallest absolute Gasteiger partial charge is 0.232 e. The van der Waals surface area contributed by atoms with Gasteiger partial charge in [0.25, 0.3) is 0 Å². The summed E-state index contributed by atoms with van der Waals surface area (Å²) in [4.78, 5) is 14.8. The number of nitrogens with two attached hydrogens (primary N) is 1. The third-order valence-corrected chi connectivity index (χ3v) is 4.90. The van der Waals surface area contributed by atoms with E-state index in [1.807, 2.05) is 47.0 Å². The van der Waals surface area contributed by atoms with Crippen LogP contribution in [0.5, 0.6) is 0 Å². The Morgan fingerprint density at radius 3 is 2.80 bits per heavy atom. The second-order valence-electron chi connectivity index (χ2n) is 5.11. The number of hydrogen-bond donors (Lipinski definition) is 1. The van der Waals surface area contributed by atoms with Crippen LogP contribution in [-0.2, 0) is 11.2 Å². The Kier molecular flexibility index (Phi) is 5.43. The topological polar surface area (TPSA) is 46.3 Å². The molecule has 5 heteroatoms. The lowest BCUT2D eigenvalue weighted by molar-refractivity contribution is -0.133. The summed E-state index contributed by atoms with van der Waals surface area (Å²) in [5.41, 5.74) is 6.90. The van der Waals surface area contributed by atoms with Crippen molar-refractivity contribution < 1.29 is 4.79 Å². The molecule has 2 N–H and O–H groups in total. The molecule has 1 fully saturated rings. The molecule has 0 aliphatic carbocycles. The normalized spacial score (nSPS) is 20.4. The predicted octanol–water partition coefficient (Wildman–Crippen LogP) is 2.10. The van der Waals surface area contributed by atoms with Gasteiger partial charge in [-0.15, -0.1) is 0 Å². The molecule has 0 bridgehead atoms. The van der Waals surface area contributed by atoms with Gasteiger partial charge in [0.1, 0.15) is 0 Å². The molecular weight excluding hydrogens is 288 g/mol. The zero-order chi connectivity index (χ0) is 14.5. The standard InChI is InChI=1S/C15H20N2OS2/c1-11-10-17(7-8-20-11)15(18)13(14(16)19)9-12-5-3-2-4-6-12/h2-6,11,13H,7-10H2,1H3,(H2,16,19). The Hall–Kier alpha value is -1.07. The van der Waals surface area contributed by atoms with Crippen LogP contribution >= 0.6 is 24.0 Å². The Balaban J connectivity index is 2.08. The molecule has 1 amide bonds. The Bertz CT molecular complexity index is 478. The fourth-order valence-electron chi connectivity index (χ4n) is 2.40. The van der Waals surface area contributed by atoms with Crippen LogP contribution in [0.4, 0.5) is 0 Å². The lowest BCUT2D eigenvalue weighted by atomic mass is 9.97. The number of carbonyl (C=O) groups is 1. The summed E-state index contributed by atoms with van der Waals surface area (Å²) in [7, 11) is 0. The van der Waals surface area contributed by atoms with Gasteiger partial charge in [-0.3, -0.25) is 4.79 Å². The number of thioether (sulfide) groups is 1. The van der Waals surface area contributed by atoms with E-state index in [4.69, 9.17) is 18.0 Å². The molecule has 1 aliphatic heterocycles. The summed E-state index contributed by atoms with van der Waals surface area (Å²) in [6, 6.07) is 9.91. The summed E-state index contributed by atoms with van der Waals surface area (Å²) >= 11 is 7.02. The van der Waals surface area contributed by atoms with Gasteiger partial charge in [-0.1, -0.05) is 49.5 Å². The minimum Gasteiger partial charge on any atom is -0.393 e. The van der Waals surface area contributed by atoms with Gasteiger partial charge >= 0.3 is 0 Å². The predicted molar refractivity (Wildman–Crippen MR) is 88.9 cm³/mol. The van der Waals surface area contributed by atoms with Crippen LogP contribution in [0.1, 0.15) is 12.5 Å². The van der Waals surface area contributed by atoms with Crippen LogP contribution in [0.25, 0.3) is 0 Å². The minimum atomic E-state index is -0.386.